The Morgan fingerprint density at radius 2 is 1.97 bits per heavy atom. The van der Waals surface area contributed by atoms with Crippen LogP contribution in [0, 0.1) is 0 Å². The van der Waals surface area contributed by atoms with E-state index < -0.39 is 10.0 Å². The summed E-state index contributed by atoms with van der Waals surface area (Å²) in [6.07, 6.45) is 3.37. The topological polar surface area (TPSA) is 140 Å². The number of likely N-dealkylation sites (tertiary alicyclic amines) is 1. The number of piperidine rings is 1. The van der Waals surface area contributed by atoms with E-state index in [1.54, 1.807) is 18.3 Å². The number of hydrogen-bond donors (Lipinski definition) is 3. The van der Waals surface area contributed by atoms with Crippen molar-refractivity contribution in [3.8, 4) is 17.0 Å². The number of sulfonamides is 1. The third-order valence-electron chi connectivity index (χ3n) is 5.73. The van der Waals surface area contributed by atoms with Gasteiger partial charge in [0.2, 0.25) is 10.0 Å². The molecular formula is C24H30N6O4S2. The van der Waals surface area contributed by atoms with Crippen molar-refractivity contribution >= 4 is 38.1 Å². The van der Waals surface area contributed by atoms with Crippen LogP contribution in [-0.2, 0) is 10.0 Å². The summed E-state index contributed by atoms with van der Waals surface area (Å²) in [5.74, 6) is 0.306. The molecule has 10 nitrogen and oxygen atoms in total. The van der Waals surface area contributed by atoms with Crippen LogP contribution < -0.4 is 20.5 Å². The van der Waals surface area contributed by atoms with Crippen LogP contribution >= 0.6 is 11.3 Å². The fourth-order valence-corrected chi connectivity index (χ4v) is 5.08. The van der Waals surface area contributed by atoms with Gasteiger partial charge in [-0.3, -0.25) is 9.78 Å². The highest BCUT2D eigenvalue weighted by molar-refractivity contribution is 7.89. The third-order valence-corrected chi connectivity index (χ3v) is 7.40. The maximum atomic E-state index is 12.6. The second kappa shape index (κ2) is 10.9. The average molecular weight is 531 g/mol. The van der Waals surface area contributed by atoms with Crippen molar-refractivity contribution in [2.45, 2.75) is 43.7 Å². The number of carbonyl (C=O) groups excluding carboxylic acids is 1. The first kappa shape index (κ1) is 26.0. The first-order chi connectivity index (χ1) is 17.1. The molecule has 36 heavy (non-hydrogen) atoms. The lowest BCUT2D eigenvalue weighted by molar-refractivity contribution is 0.0912. The number of aromatic nitrogens is 2. The highest BCUT2D eigenvalue weighted by Crippen LogP contribution is 2.33. The lowest BCUT2D eigenvalue weighted by atomic mass is 10.1. The molecule has 0 spiro atoms. The number of nitrogens with zero attached hydrogens (tertiary/aromatic N) is 3. The van der Waals surface area contributed by atoms with Crippen molar-refractivity contribution in [2.24, 2.45) is 5.14 Å². The van der Waals surface area contributed by atoms with Gasteiger partial charge in [-0.1, -0.05) is 0 Å². The number of rotatable bonds is 8. The van der Waals surface area contributed by atoms with E-state index in [1.165, 1.54) is 23.5 Å². The van der Waals surface area contributed by atoms with Crippen LogP contribution in [0.1, 0.15) is 37.2 Å². The van der Waals surface area contributed by atoms with Gasteiger partial charge in [-0.15, -0.1) is 11.3 Å². The smallest absolute Gasteiger partial charge is 0.270 e. The second-order valence-corrected chi connectivity index (χ2v) is 11.4. The zero-order chi connectivity index (χ0) is 25.9. The lowest BCUT2D eigenvalue weighted by Crippen LogP contribution is -2.43. The molecule has 0 bridgehead atoms. The Balaban J connectivity index is 1.47. The van der Waals surface area contributed by atoms with E-state index in [1.807, 2.05) is 25.3 Å². The molecule has 2 aromatic heterocycles. The first-order valence-electron chi connectivity index (χ1n) is 11.6. The fourth-order valence-electron chi connectivity index (χ4n) is 3.81. The first-order valence-corrected chi connectivity index (χ1v) is 14.0. The molecule has 0 unspecified atom stereocenters. The van der Waals surface area contributed by atoms with E-state index >= 15 is 0 Å². The SMILES string of the molecule is CC(C)Oc1ccc(S(N)(=O)=O)cc1Nc1nc(-c2ccc(C(=O)NC3CCN(C)CC3)nc2)cs1. The maximum absolute atomic E-state index is 12.6. The summed E-state index contributed by atoms with van der Waals surface area (Å²) >= 11 is 1.34. The number of primary sulfonamides is 1. The van der Waals surface area contributed by atoms with Gasteiger partial charge in [0.15, 0.2) is 5.13 Å². The number of nitrogens with two attached hydrogens (primary N) is 1. The van der Waals surface area contributed by atoms with Gasteiger partial charge in [0.05, 0.1) is 22.4 Å². The standard InChI is InChI=1S/C24H30N6O4S2/c1-15(2)34-22-7-5-18(36(25,32)33)12-20(22)28-24-29-21(14-35-24)16-4-6-19(26-13-16)23(31)27-17-8-10-30(3)11-9-17/h4-7,12-15,17H,8-11H2,1-3H3,(H,27,31)(H,28,29)(H2,25,32,33). The third kappa shape index (κ3) is 6.58. The van der Waals surface area contributed by atoms with Gasteiger partial charge in [-0.05, 0) is 77.2 Å². The molecule has 0 saturated carbocycles. The van der Waals surface area contributed by atoms with Crippen molar-refractivity contribution in [3.05, 3.63) is 47.6 Å². The van der Waals surface area contributed by atoms with Crippen molar-refractivity contribution in [1.29, 1.82) is 0 Å². The molecule has 0 atom stereocenters. The molecule has 1 aromatic carbocycles. The van der Waals surface area contributed by atoms with E-state index in [9.17, 15) is 13.2 Å². The summed E-state index contributed by atoms with van der Waals surface area (Å²) in [5.41, 5.74) is 2.23. The van der Waals surface area contributed by atoms with Crippen molar-refractivity contribution in [2.75, 3.05) is 25.5 Å². The monoisotopic (exact) mass is 530 g/mol. The zero-order valence-corrected chi connectivity index (χ0v) is 22.0. The summed E-state index contributed by atoms with van der Waals surface area (Å²) in [4.78, 5) is 23.7. The number of carbonyl (C=O) groups is 1. The van der Waals surface area contributed by atoms with Crippen molar-refractivity contribution in [3.63, 3.8) is 0 Å². The van der Waals surface area contributed by atoms with E-state index in [0.29, 0.717) is 28.0 Å². The van der Waals surface area contributed by atoms with Gasteiger partial charge < -0.3 is 20.3 Å². The van der Waals surface area contributed by atoms with Crippen LogP contribution in [0.2, 0.25) is 0 Å². The Kier molecular flexibility index (Phi) is 7.88. The maximum Gasteiger partial charge on any atom is 0.270 e. The molecule has 1 fully saturated rings. The molecule has 4 rings (SSSR count). The molecule has 1 aliphatic heterocycles. The zero-order valence-electron chi connectivity index (χ0n) is 20.4. The van der Waals surface area contributed by atoms with Gasteiger partial charge in [-0.2, -0.15) is 0 Å². The van der Waals surface area contributed by atoms with Gasteiger partial charge in [0.25, 0.3) is 5.91 Å². The summed E-state index contributed by atoms with van der Waals surface area (Å²) in [7, 11) is -1.80. The van der Waals surface area contributed by atoms with Gasteiger partial charge in [0, 0.05) is 23.2 Å². The van der Waals surface area contributed by atoms with E-state index in [0.717, 1.165) is 31.5 Å². The second-order valence-electron chi connectivity index (χ2n) is 9.02. The molecule has 3 heterocycles. The van der Waals surface area contributed by atoms with Crippen LogP contribution in [0.15, 0.2) is 46.8 Å². The van der Waals surface area contributed by atoms with Crippen LogP contribution in [0.5, 0.6) is 5.75 Å². The Hall–Kier alpha value is -3.06. The molecule has 12 heteroatoms. The normalized spacial score (nSPS) is 15.1. The number of anilines is 2. The minimum absolute atomic E-state index is 0.0313. The van der Waals surface area contributed by atoms with Crippen molar-refractivity contribution < 1.29 is 17.9 Å². The van der Waals surface area contributed by atoms with Crippen LogP contribution in [-0.4, -0.2) is 61.5 Å². The van der Waals surface area contributed by atoms with Crippen LogP contribution in [0.25, 0.3) is 11.3 Å². The lowest BCUT2D eigenvalue weighted by Gasteiger charge is -2.29. The number of ether oxygens (including phenoxy) is 1. The molecule has 0 aliphatic carbocycles. The molecule has 3 aromatic rings. The fraction of sp³-hybridized carbons (Fsp3) is 0.375. The number of hydrogen-bond acceptors (Lipinski definition) is 9. The summed E-state index contributed by atoms with van der Waals surface area (Å²) in [5, 5.41) is 13.9. The van der Waals surface area contributed by atoms with E-state index in [-0.39, 0.29) is 22.9 Å². The molecule has 1 amide bonds. The predicted molar refractivity (Wildman–Crippen MR) is 140 cm³/mol. The number of nitrogens with one attached hydrogen (secondary N) is 2. The Morgan fingerprint density at radius 1 is 1.22 bits per heavy atom. The number of pyridine rings is 1. The van der Waals surface area contributed by atoms with E-state index in [4.69, 9.17) is 9.88 Å². The largest absolute Gasteiger partial charge is 0.489 e. The Bertz CT molecular complexity index is 1320. The Labute approximate surface area is 215 Å². The number of benzene rings is 1. The summed E-state index contributed by atoms with van der Waals surface area (Å²) in [6, 6.07) is 8.06. The van der Waals surface area contributed by atoms with E-state index in [2.05, 4.69) is 32.5 Å². The summed E-state index contributed by atoms with van der Waals surface area (Å²) in [6.45, 7) is 5.69. The van der Waals surface area contributed by atoms with Gasteiger partial charge in [-0.25, -0.2) is 18.5 Å². The van der Waals surface area contributed by atoms with Crippen molar-refractivity contribution in [1.82, 2.24) is 20.2 Å². The quantitative estimate of drug-likeness (QED) is 0.403. The van der Waals surface area contributed by atoms with Gasteiger partial charge >= 0.3 is 0 Å². The Morgan fingerprint density at radius 3 is 2.61 bits per heavy atom. The molecule has 1 saturated heterocycles. The van der Waals surface area contributed by atoms with Crippen LogP contribution in [0.3, 0.4) is 0 Å². The number of thiazole rings is 1. The molecule has 1 aliphatic rings. The molecular weight excluding hydrogens is 500 g/mol. The summed E-state index contributed by atoms with van der Waals surface area (Å²) < 4.78 is 29.4. The van der Waals surface area contributed by atoms with Gasteiger partial charge in [0.1, 0.15) is 11.4 Å². The minimum Gasteiger partial charge on any atom is -0.489 e. The molecule has 0 radical (unpaired) electrons. The molecule has 4 N–H and O–H groups in total. The van der Waals surface area contributed by atoms with Crippen LogP contribution in [0.4, 0.5) is 10.8 Å². The minimum atomic E-state index is -3.88. The predicted octanol–water partition coefficient (Wildman–Crippen LogP) is 3.21. The molecule has 192 valence electrons. The number of amides is 1. The average Bonchev–Trinajstić information content (AvgIpc) is 3.29. The highest BCUT2D eigenvalue weighted by Gasteiger charge is 2.20. The highest BCUT2D eigenvalue weighted by atomic mass is 32.2.